The summed E-state index contributed by atoms with van der Waals surface area (Å²) in [4.78, 5) is 23.5. The molecule has 2 saturated carbocycles. The van der Waals surface area contributed by atoms with Gasteiger partial charge in [0.05, 0.1) is 0 Å². The van der Waals surface area contributed by atoms with E-state index in [0.717, 1.165) is 0 Å². The molecule has 4 aliphatic carbocycles. The summed E-state index contributed by atoms with van der Waals surface area (Å²) in [5.41, 5.74) is -1.12. The van der Waals surface area contributed by atoms with E-state index in [9.17, 15) is 62.3 Å². The van der Waals surface area contributed by atoms with E-state index >= 15 is 0 Å². The van der Waals surface area contributed by atoms with Gasteiger partial charge >= 0.3 is 42.1 Å². The van der Waals surface area contributed by atoms with Crippen molar-refractivity contribution in [3.05, 3.63) is 23.5 Å². The summed E-state index contributed by atoms with van der Waals surface area (Å²) in [6.45, 7) is 3.43. The van der Waals surface area contributed by atoms with Crippen LogP contribution in [0.5, 0.6) is 0 Å². The van der Waals surface area contributed by atoms with Crippen LogP contribution in [0.4, 0.5) is 52.7 Å². The molecule has 0 aromatic heterocycles. The Bertz CT molecular complexity index is 1190. The van der Waals surface area contributed by atoms with Crippen LogP contribution >= 0.6 is 0 Å². The number of carbonyl (C=O) groups is 2. The summed E-state index contributed by atoms with van der Waals surface area (Å²) in [7, 11) is 0. The molecule has 0 N–H and O–H groups in total. The Kier molecular flexibility index (Phi) is 7.58. The average Bonchev–Trinajstić information content (AvgIpc) is 3.18. The van der Waals surface area contributed by atoms with Gasteiger partial charge in [0.15, 0.2) is 0 Å². The lowest BCUT2D eigenvalue weighted by Gasteiger charge is -2.56. The second kappa shape index (κ2) is 9.80. The van der Waals surface area contributed by atoms with Crippen LogP contribution in [0.3, 0.4) is 0 Å². The highest BCUT2D eigenvalue weighted by molar-refractivity contribution is 5.80. The number of hydrogen-bond donors (Lipinski definition) is 0. The summed E-state index contributed by atoms with van der Waals surface area (Å²) in [6.07, 6.45) is -10.0. The van der Waals surface area contributed by atoms with Crippen molar-refractivity contribution in [2.24, 2.45) is 28.6 Å². The van der Waals surface area contributed by atoms with Gasteiger partial charge in [0.1, 0.15) is 11.9 Å². The maximum Gasteiger partial charge on any atom is 0.465 e. The van der Waals surface area contributed by atoms with Crippen molar-refractivity contribution in [1.82, 2.24) is 0 Å². The van der Waals surface area contributed by atoms with Crippen molar-refractivity contribution in [3.8, 4) is 0 Å². The first-order valence-electron chi connectivity index (χ1n) is 13.0. The molecular weight excluding hydrogens is 604 g/mol. The molecule has 0 radical (unpaired) electrons. The third kappa shape index (κ3) is 4.78. The Morgan fingerprint density at radius 3 is 1.98 bits per heavy atom. The minimum atomic E-state index is -6.69. The molecule has 0 aromatic rings. The SMILES string of the molecule is CC12CCC(OC(=O)C(F)(F)C(F)(F)F)=CC1=CCC1C2CCC2(C)C(OC(=O)C(F)(F)C(F)(F)C(F)(F)F)CCC12. The van der Waals surface area contributed by atoms with Gasteiger partial charge in [-0.25, -0.2) is 9.59 Å². The Morgan fingerprint density at radius 2 is 1.40 bits per heavy atom. The zero-order valence-corrected chi connectivity index (χ0v) is 22.1. The molecule has 2 fully saturated rings. The van der Waals surface area contributed by atoms with Crippen LogP contribution in [-0.4, -0.2) is 48.2 Å². The van der Waals surface area contributed by atoms with E-state index in [0.29, 0.717) is 24.8 Å². The van der Waals surface area contributed by atoms with Gasteiger partial charge < -0.3 is 9.47 Å². The van der Waals surface area contributed by atoms with Crippen molar-refractivity contribution in [3.63, 3.8) is 0 Å². The summed E-state index contributed by atoms with van der Waals surface area (Å²) >= 11 is 0. The van der Waals surface area contributed by atoms with Crippen LogP contribution in [0.1, 0.15) is 58.8 Å². The lowest BCUT2D eigenvalue weighted by molar-refractivity contribution is -0.349. The molecule has 0 bridgehead atoms. The normalized spacial score (nSPS) is 34.0. The molecule has 0 aliphatic heterocycles. The fourth-order valence-corrected chi connectivity index (χ4v) is 7.33. The summed E-state index contributed by atoms with van der Waals surface area (Å²) in [5.74, 6) is -25.2. The highest BCUT2D eigenvalue weighted by Crippen LogP contribution is 2.65. The molecule has 0 aromatic carbocycles. The second-order valence-corrected chi connectivity index (χ2v) is 11.9. The fraction of sp³-hybridized carbons (Fsp3) is 0.769. The van der Waals surface area contributed by atoms with E-state index in [1.54, 1.807) is 13.0 Å². The first-order valence-corrected chi connectivity index (χ1v) is 13.0. The number of halogens is 12. The highest BCUT2D eigenvalue weighted by Gasteiger charge is 2.77. The molecule has 0 spiro atoms. The number of rotatable bonds is 5. The average molecular weight is 630 g/mol. The molecule has 6 atom stereocenters. The molecule has 4 nitrogen and oxygen atoms in total. The van der Waals surface area contributed by atoms with Crippen molar-refractivity contribution < 1.29 is 71.7 Å². The third-order valence-corrected chi connectivity index (χ3v) is 9.74. The third-order valence-electron chi connectivity index (χ3n) is 9.74. The van der Waals surface area contributed by atoms with Crippen LogP contribution in [-0.2, 0) is 19.1 Å². The Labute approximate surface area is 231 Å². The predicted molar refractivity (Wildman–Crippen MR) is 118 cm³/mol. The first-order chi connectivity index (χ1) is 18.9. The van der Waals surface area contributed by atoms with Crippen LogP contribution in [0.15, 0.2) is 23.5 Å². The zero-order valence-electron chi connectivity index (χ0n) is 22.1. The Balaban J connectivity index is 1.51. The van der Waals surface area contributed by atoms with Crippen LogP contribution in [0, 0.1) is 28.6 Å². The van der Waals surface area contributed by atoms with Crippen molar-refractivity contribution >= 4 is 11.9 Å². The maximum absolute atomic E-state index is 13.9. The largest absolute Gasteiger partial charge is 0.465 e. The lowest BCUT2D eigenvalue weighted by Crippen LogP contribution is -2.58. The standard InChI is InChI=1S/C26H26F12O4/c1-20-9-7-13(41-19(40)23(29,30)25(33,34)35)11-12(20)3-4-14-15-5-6-17(21(15,2)10-8-16(14)20)42-18(39)22(27,28)24(31,32)26(36,37)38/h3,11,14-17H,4-10H2,1-2H3. The van der Waals surface area contributed by atoms with Crippen molar-refractivity contribution in [1.29, 1.82) is 0 Å². The van der Waals surface area contributed by atoms with E-state index in [2.05, 4.69) is 9.47 Å². The fourth-order valence-electron chi connectivity index (χ4n) is 7.33. The summed E-state index contributed by atoms with van der Waals surface area (Å²) < 4.78 is 166. The van der Waals surface area contributed by atoms with E-state index < -0.39 is 59.0 Å². The molecular formula is C26H26F12O4. The summed E-state index contributed by atoms with van der Waals surface area (Å²) in [5, 5.41) is 0. The van der Waals surface area contributed by atoms with E-state index in [-0.39, 0.29) is 49.2 Å². The molecule has 0 saturated heterocycles. The van der Waals surface area contributed by atoms with Crippen LogP contribution < -0.4 is 0 Å². The number of carbonyl (C=O) groups excluding carboxylic acids is 2. The Hall–Kier alpha value is -2.42. The van der Waals surface area contributed by atoms with Gasteiger partial charge in [-0.1, -0.05) is 19.9 Å². The quantitative estimate of drug-likeness (QED) is 0.229. The van der Waals surface area contributed by atoms with E-state index in [1.165, 1.54) is 6.08 Å². The monoisotopic (exact) mass is 630 g/mol. The number of hydrogen-bond acceptors (Lipinski definition) is 4. The number of esters is 2. The van der Waals surface area contributed by atoms with Crippen LogP contribution in [0.2, 0.25) is 0 Å². The van der Waals surface area contributed by atoms with E-state index in [1.807, 2.05) is 6.92 Å². The van der Waals surface area contributed by atoms with Gasteiger partial charge in [-0.2, -0.15) is 52.7 Å². The first kappa shape index (κ1) is 32.5. The molecule has 0 amide bonds. The van der Waals surface area contributed by atoms with Gasteiger partial charge in [-0.05, 0) is 73.3 Å². The minimum Gasteiger partial charge on any atom is -0.457 e. The molecule has 0 heterocycles. The molecule has 16 heteroatoms. The van der Waals surface area contributed by atoms with Gasteiger partial charge in [-0.3, -0.25) is 0 Å². The summed E-state index contributed by atoms with van der Waals surface area (Å²) in [6, 6.07) is 0. The maximum atomic E-state index is 13.9. The second-order valence-electron chi connectivity index (χ2n) is 11.9. The number of allylic oxidation sites excluding steroid dienone is 4. The lowest BCUT2D eigenvalue weighted by atomic mass is 9.48. The number of alkyl halides is 12. The Morgan fingerprint density at radius 1 is 0.786 bits per heavy atom. The van der Waals surface area contributed by atoms with Gasteiger partial charge in [0.2, 0.25) is 0 Å². The van der Waals surface area contributed by atoms with Crippen molar-refractivity contribution in [2.75, 3.05) is 0 Å². The smallest absolute Gasteiger partial charge is 0.457 e. The zero-order chi connectivity index (χ0) is 31.9. The molecule has 42 heavy (non-hydrogen) atoms. The molecule has 238 valence electrons. The highest BCUT2D eigenvalue weighted by atomic mass is 19.4. The van der Waals surface area contributed by atoms with Gasteiger partial charge in [0, 0.05) is 11.8 Å². The topological polar surface area (TPSA) is 52.6 Å². The molecule has 4 aliphatic rings. The molecule has 6 unspecified atom stereocenters. The minimum absolute atomic E-state index is 0.0511. The van der Waals surface area contributed by atoms with Crippen molar-refractivity contribution in [2.45, 2.75) is 95.0 Å². The molecule has 4 rings (SSSR count). The van der Waals surface area contributed by atoms with Gasteiger partial charge in [0.25, 0.3) is 0 Å². The number of fused-ring (bicyclic) bond motifs is 5. The van der Waals surface area contributed by atoms with Gasteiger partial charge in [-0.15, -0.1) is 0 Å². The predicted octanol–water partition coefficient (Wildman–Crippen LogP) is 7.93. The van der Waals surface area contributed by atoms with E-state index in [4.69, 9.17) is 0 Å². The number of ether oxygens (including phenoxy) is 2. The van der Waals surface area contributed by atoms with Crippen LogP contribution in [0.25, 0.3) is 0 Å².